The lowest BCUT2D eigenvalue weighted by Crippen LogP contribution is -2.38. The van der Waals surface area contributed by atoms with Crippen LogP contribution in [0, 0.1) is 11.3 Å². The van der Waals surface area contributed by atoms with Gasteiger partial charge in [-0.25, -0.2) is 4.79 Å². The van der Waals surface area contributed by atoms with Crippen molar-refractivity contribution >= 4 is 23.6 Å². The van der Waals surface area contributed by atoms with Crippen LogP contribution in [0.1, 0.15) is 25.7 Å². The summed E-state index contributed by atoms with van der Waals surface area (Å²) < 4.78 is 5.38. The molecular formula is C18H23N3O5. The molecule has 2 fully saturated rings. The van der Waals surface area contributed by atoms with Gasteiger partial charge in [0.15, 0.2) is 0 Å². The van der Waals surface area contributed by atoms with Crippen molar-refractivity contribution in [3.8, 4) is 5.75 Å². The summed E-state index contributed by atoms with van der Waals surface area (Å²) in [6.07, 6.45) is 2.53. The fourth-order valence-electron chi connectivity index (χ4n) is 3.90. The van der Waals surface area contributed by atoms with Crippen LogP contribution < -0.4 is 15.8 Å². The Morgan fingerprint density at radius 2 is 2.04 bits per heavy atom. The van der Waals surface area contributed by atoms with Gasteiger partial charge >= 0.3 is 12.0 Å². The van der Waals surface area contributed by atoms with E-state index in [9.17, 15) is 19.5 Å². The first-order valence-corrected chi connectivity index (χ1v) is 8.71. The van der Waals surface area contributed by atoms with Crippen LogP contribution in [-0.4, -0.2) is 47.6 Å². The highest BCUT2D eigenvalue weighted by Crippen LogP contribution is 2.48. The summed E-state index contributed by atoms with van der Waals surface area (Å²) >= 11 is 0. The molecular weight excluding hydrogens is 338 g/mol. The zero-order valence-corrected chi connectivity index (χ0v) is 14.4. The van der Waals surface area contributed by atoms with E-state index in [4.69, 9.17) is 10.5 Å². The Hall–Kier alpha value is -2.77. The normalized spacial score (nSPS) is 24.2. The molecule has 1 heterocycles. The monoisotopic (exact) mass is 361 g/mol. The van der Waals surface area contributed by atoms with E-state index in [-0.39, 0.29) is 31.5 Å². The number of carboxylic acid groups (broad SMARTS) is 1. The number of hydrogen-bond acceptors (Lipinski definition) is 4. The highest BCUT2D eigenvalue weighted by atomic mass is 16.5. The minimum Gasteiger partial charge on any atom is -0.493 e. The molecule has 0 aromatic heterocycles. The van der Waals surface area contributed by atoms with Crippen molar-refractivity contribution in [3.05, 3.63) is 24.3 Å². The van der Waals surface area contributed by atoms with E-state index in [1.807, 2.05) is 0 Å². The van der Waals surface area contributed by atoms with Crippen molar-refractivity contribution in [1.29, 1.82) is 0 Å². The number of carbonyl (C=O) groups excluding carboxylic acids is 2. The van der Waals surface area contributed by atoms with Gasteiger partial charge in [0.05, 0.1) is 18.4 Å². The van der Waals surface area contributed by atoms with Gasteiger partial charge in [0, 0.05) is 18.8 Å². The molecule has 8 nitrogen and oxygen atoms in total. The fourth-order valence-corrected chi connectivity index (χ4v) is 3.90. The number of carbonyl (C=O) groups is 3. The number of hydrogen-bond donors (Lipinski definition) is 3. The third-order valence-corrected chi connectivity index (χ3v) is 5.31. The minimum absolute atomic E-state index is 0.0341. The number of aliphatic carboxylic acids is 1. The lowest BCUT2D eigenvalue weighted by atomic mass is 9.81. The molecule has 1 saturated heterocycles. The molecule has 3 amide bonds. The first-order chi connectivity index (χ1) is 12.4. The van der Waals surface area contributed by atoms with E-state index in [2.05, 4.69) is 5.32 Å². The number of nitrogens with zero attached hydrogens (tertiary/aromatic N) is 1. The van der Waals surface area contributed by atoms with Crippen LogP contribution in [0.15, 0.2) is 24.3 Å². The van der Waals surface area contributed by atoms with Gasteiger partial charge in [0.2, 0.25) is 5.91 Å². The Bertz CT molecular complexity index is 705. The molecule has 0 spiro atoms. The van der Waals surface area contributed by atoms with Gasteiger partial charge in [-0.2, -0.15) is 0 Å². The molecule has 0 unspecified atom stereocenters. The Morgan fingerprint density at radius 3 is 2.65 bits per heavy atom. The van der Waals surface area contributed by atoms with Crippen molar-refractivity contribution in [2.45, 2.75) is 25.7 Å². The van der Waals surface area contributed by atoms with Crippen molar-refractivity contribution in [2.75, 3.05) is 25.0 Å². The zero-order chi connectivity index (χ0) is 18.7. The van der Waals surface area contributed by atoms with Gasteiger partial charge in [0.1, 0.15) is 5.75 Å². The smallest absolute Gasteiger partial charge is 0.321 e. The predicted octanol–water partition coefficient (Wildman–Crippen LogP) is 1.66. The van der Waals surface area contributed by atoms with Gasteiger partial charge in [-0.05, 0) is 43.0 Å². The molecule has 8 heteroatoms. The van der Waals surface area contributed by atoms with E-state index in [0.29, 0.717) is 24.4 Å². The second kappa shape index (κ2) is 7.23. The summed E-state index contributed by atoms with van der Waals surface area (Å²) in [5, 5.41) is 12.4. The summed E-state index contributed by atoms with van der Waals surface area (Å²) in [7, 11) is 0. The number of nitrogens with two attached hydrogens (primary N) is 1. The first-order valence-electron chi connectivity index (χ1n) is 8.71. The highest BCUT2D eigenvalue weighted by Gasteiger charge is 2.55. The molecule has 0 bridgehead atoms. The molecule has 1 aromatic carbocycles. The quantitative estimate of drug-likeness (QED) is 0.711. The van der Waals surface area contributed by atoms with Crippen LogP contribution in [0.5, 0.6) is 5.75 Å². The minimum atomic E-state index is -0.798. The first kappa shape index (κ1) is 18.0. The van der Waals surface area contributed by atoms with E-state index >= 15 is 0 Å². The number of urea groups is 1. The summed E-state index contributed by atoms with van der Waals surface area (Å²) in [6, 6.07) is 6.48. The SMILES string of the molecule is NC(=O)CCOc1ccc(NC(=O)N2C[C@@H]3CCC[C@@]3(C(=O)O)C2)cc1. The van der Waals surface area contributed by atoms with Crippen LogP contribution in [0.3, 0.4) is 0 Å². The van der Waals surface area contributed by atoms with Crippen LogP contribution in [0.4, 0.5) is 10.5 Å². The van der Waals surface area contributed by atoms with Crippen LogP contribution in [0.2, 0.25) is 0 Å². The van der Waals surface area contributed by atoms with Crippen LogP contribution in [0.25, 0.3) is 0 Å². The van der Waals surface area contributed by atoms with Gasteiger partial charge in [-0.3, -0.25) is 9.59 Å². The molecule has 1 aromatic rings. The fraction of sp³-hybridized carbons (Fsp3) is 0.500. The van der Waals surface area contributed by atoms with Crippen molar-refractivity contribution in [3.63, 3.8) is 0 Å². The van der Waals surface area contributed by atoms with E-state index in [0.717, 1.165) is 12.8 Å². The number of amides is 3. The largest absolute Gasteiger partial charge is 0.493 e. The molecule has 2 atom stereocenters. The Morgan fingerprint density at radius 1 is 1.31 bits per heavy atom. The standard InChI is InChI=1S/C18H23N3O5/c19-15(22)7-9-26-14-5-3-13(4-6-14)20-17(25)21-10-12-2-1-8-18(12,11-21)16(23)24/h3-6,12H,1-2,7-11H2,(H2,19,22)(H,20,25)(H,23,24)/t12-,18+/m0/s1. The molecule has 26 heavy (non-hydrogen) atoms. The summed E-state index contributed by atoms with van der Waals surface area (Å²) in [5.74, 6) is -0.618. The number of anilines is 1. The Labute approximate surface area is 151 Å². The van der Waals surface area contributed by atoms with E-state index in [1.54, 1.807) is 29.2 Å². The molecule has 4 N–H and O–H groups in total. The molecule has 1 aliphatic carbocycles. The van der Waals surface area contributed by atoms with Crippen molar-refractivity contribution in [2.24, 2.45) is 17.1 Å². The average molecular weight is 361 g/mol. The number of rotatable bonds is 6. The number of nitrogens with one attached hydrogen (secondary N) is 1. The van der Waals surface area contributed by atoms with E-state index in [1.165, 1.54) is 0 Å². The number of carboxylic acids is 1. The van der Waals surface area contributed by atoms with E-state index < -0.39 is 17.3 Å². The van der Waals surface area contributed by atoms with Crippen LogP contribution >= 0.6 is 0 Å². The van der Waals surface area contributed by atoms with Gasteiger partial charge in [-0.1, -0.05) is 6.42 Å². The lowest BCUT2D eigenvalue weighted by Gasteiger charge is -2.23. The molecule has 0 radical (unpaired) electrons. The van der Waals surface area contributed by atoms with Gasteiger partial charge in [-0.15, -0.1) is 0 Å². The Balaban J connectivity index is 1.55. The third-order valence-electron chi connectivity index (χ3n) is 5.31. The number of primary amides is 1. The maximum absolute atomic E-state index is 12.5. The molecule has 2 aliphatic rings. The molecule has 3 rings (SSSR count). The number of fused-ring (bicyclic) bond motifs is 1. The summed E-state index contributed by atoms with van der Waals surface area (Å²) in [6.45, 7) is 0.938. The topological polar surface area (TPSA) is 122 Å². The Kier molecular flexibility index (Phi) is 5.01. The van der Waals surface area contributed by atoms with Crippen LogP contribution in [-0.2, 0) is 9.59 Å². The molecule has 1 aliphatic heterocycles. The summed E-state index contributed by atoms with van der Waals surface area (Å²) in [4.78, 5) is 36.5. The van der Waals surface area contributed by atoms with Gasteiger partial charge < -0.3 is 25.8 Å². The third kappa shape index (κ3) is 3.58. The number of likely N-dealkylation sites (tertiary alicyclic amines) is 1. The number of ether oxygens (including phenoxy) is 1. The maximum atomic E-state index is 12.5. The van der Waals surface area contributed by atoms with Gasteiger partial charge in [0.25, 0.3) is 0 Å². The molecule has 1 saturated carbocycles. The average Bonchev–Trinajstić information content (AvgIpc) is 3.14. The maximum Gasteiger partial charge on any atom is 0.321 e. The zero-order valence-electron chi connectivity index (χ0n) is 14.4. The highest BCUT2D eigenvalue weighted by molar-refractivity contribution is 5.90. The predicted molar refractivity (Wildman–Crippen MR) is 93.7 cm³/mol. The molecule has 140 valence electrons. The van der Waals surface area contributed by atoms with Crippen molar-refractivity contribution < 1.29 is 24.2 Å². The lowest BCUT2D eigenvalue weighted by molar-refractivity contribution is -0.149. The second-order valence-corrected chi connectivity index (χ2v) is 6.95. The second-order valence-electron chi connectivity index (χ2n) is 6.95. The summed E-state index contributed by atoms with van der Waals surface area (Å²) in [5.41, 5.74) is 4.86. The number of benzene rings is 1. The van der Waals surface area contributed by atoms with Crippen molar-refractivity contribution in [1.82, 2.24) is 4.90 Å².